The van der Waals surface area contributed by atoms with Crippen molar-refractivity contribution < 1.29 is 0 Å². The summed E-state index contributed by atoms with van der Waals surface area (Å²) >= 11 is 0. The summed E-state index contributed by atoms with van der Waals surface area (Å²) in [5.41, 5.74) is 3.16. The molecule has 0 fully saturated rings. The van der Waals surface area contributed by atoms with Crippen LogP contribution in [0, 0.1) is 0 Å². The Morgan fingerprint density at radius 3 is 1.73 bits per heavy atom. The maximum atomic E-state index is 2.26. The number of hydrogen-bond acceptors (Lipinski definition) is 0. The van der Waals surface area contributed by atoms with Gasteiger partial charge in [0.25, 0.3) is 0 Å². The summed E-state index contributed by atoms with van der Waals surface area (Å²) in [7, 11) is 0. The Hall–Kier alpha value is -0.780. The molecule has 0 aromatic heterocycles. The van der Waals surface area contributed by atoms with E-state index in [1.165, 1.54) is 25.7 Å². The van der Waals surface area contributed by atoms with E-state index in [0.717, 1.165) is 0 Å². The fraction of sp³-hybridized carbons (Fsp3) is 0.455. The van der Waals surface area contributed by atoms with Gasteiger partial charge in [-0.15, -0.1) is 0 Å². The summed E-state index contributed by atoms with van der Waals surface area (Å²) in [4.78, 5) is 0. The Balaban J connectivity index is 0.000000605. The Kier molecular flexibility index (Phi) is 2.70. The van der Waals surface area contributed by atoms with E-state index >= 15 is 0 Å². The van der Waals surface area contributed by atoms with Crippen LogP contribution in [0.4, 0.5) is 0 Å². The Morgan fingerprint density at radius 2 is 1.27 bits per heavy atom. The molecular formula is C11H16. The van der Waals surface area contributed by atoms with Gasteiger partial charge in [0.1, 0.15) is 0 Å². The molecule has 11 heavy (non-hydrogen) atoms. The van der Waals surface area contributed by atoms with Crippen LogP contribution in [0.2, 0.25) is 0 Å². The number of fused-ring (bicyclic) bond motifs is 1. The largest absolute Gasteiger partial charge is 0.0776 e. The predicted octanol–water partition coefficient (Wildman–Crippen LogP) is 3.20. The molecule has 0 radical (unpaired) electrons. The Labute approximate surface area is 69.3 Å². The van der Waals surface area contributed by atoms with Crippen molar-refractivity contribution >= 4 is 0 Å². The molecule has 0 aliphatic heterocycles. The zero-order chi connectivity index (χ0) is 6.81. The average molecular weight is 148 g/mol. The lowest BCUT2D eigenvalue weighted by atomic mass is 9.92. The van der Waals surface area contributed by atoms with Crippen molar-refractivity contribution in [3.63, 3.8) is 0 Å². The Morgan fingerprint density at radius 1 is 0.818 bits per heavy atom. The topological polar surface area (TPSA) is 0 Å². The van der Waals surface area contributed by atoms with Gasteiger partial charge >= 0.3 is 0 Å². The first-order valence-electron chi connectivity index (χ1n) is 4.03. The molecule has 0 bridgehead atoms. The first-order chi connectivity index (χ1) is 4.97. The zero-order valence-electron chi connectivity index (χ0n) is 6.14. The van der Waals surface area contributed by atoms with Crippen LogP contribution in [-0.4, -0.2) is 0 Å². The van der Waals surface area contributed by atoms with E-state index < -0.39 is 0 Å². The third kappa shape index (κ3) is 1.62. The van der Waals surface area contributed by atoms with Crippen LogP contribution in [0.25, 0.3) is 0 Å². The number of benzene rings is 1. The van der Waals surface area contributed by atoms with E-state index in [9.17, 15) is 0 Å². The van der Waals surface area contributed by atoms with Crippen LogP contribution < -0.4 is 0 Å². The molecule has 0 atom stereocenters. The van der Waals surface area contributed by atoms with Crippen molar-refractivity contribution in [1.82, 2.24) is 0 Å². The number of rotatable bonds is 0. The summed E-state index contributed by atoms with van der Waals surface area (Å²) in [6.07, 6.45) is 5.38. The highest BCUT2D eigenvalue weighted by molar-refractivity contribution is 5.28. The molecule has 1 aliphatic carbocycles. The molecule has 1 aromatic rings. The van der Waals surface area contributed by atoms with Crippen molar-refractivity contribution in [1.29, 1.82) is 0 Å². The first-order valence-corrected chi connectivity index (χ1v) is 4.03. The monoisotopic (exact) mass is 148 g/mol. The fourth-order valence-electron chi connectivity index (χ4n) is 1.68. The quantitative estimate of drug-likeness (QED) is 0.530. The summed E-state index contributed by atoms with van der Waals surface area (Å²) in [5, 5.41) is 0. The molecule has 0 unspecified atom stereocenters. The fourth-order valence-corrected chi connectivity index (χ4v) is 1.68. The molecule has 1 aromatic carbocycles. The van der Waals surface area contributed by atoms with Crippen LogP contribution in [-0.2, 0) is 12.8 Å². The lowest BCUT2D eigenvalue weighted by Gasteiger charge is -2.13. The van der Waals surface area contributed by atoms with Gasteiger partial charge in [-0.25, -0.2) is 0 Å². The molecule has 0 saturated heterocycles. The van der Waals surface area contributed by atoms with Gasteiger partial charge in [-0.1, -0.05) is 31.7 Å². The minimum absolute atomic E-state index is 0. The third-order valence-electron chi connectivity index (χ3n) is 2.26. The lowest BCUT2D eigenvalue weighted by Crippen LogP contribution is -2.00. The normalized spacial score (nSPS) is 14.9. The molecule has 2 rings (SSSR count). The smallest absolute Gasteiger partial charge is 0.0276 e. The maximum absolute atomic E-state index is 2.26. The van der Waals surface area contributed by atoms with E-state index in [-0.39, 0.29) is 7.43 Å². The molecule has 0 amide bonds. The van der Waals surface area contributed by atoms with Crippen molar-refractivity contribution in [2.24, 2.45) is 0 Å². The van der Waals surface area contributed by atoms with Gasteiger partial charge in [-0.2, -0.15) is 0 Å². The molecule has 0 saturated carbocycles. The Bertz CT molecular complexity index is 200. The van der Waals surface area contributed by atoms with Gasteiger partial charge in [0.05, 0.1) is 0 Å². The van der Waals surface area contributed by atoms with Gasteiger partial charge in [-0.3, -0.25) is 0 Å². The van der Waals surface area contributed by atoms with Crippen LogP contribution in [0.3, 0.4) is 0 Å². The second-order valence-electron chi connectivity index (χ2n) is 2.98. The standard InChI is InChI=1S/C10H12.CH4/c1-2-6-10-8-4-3-7-9(10)5-1;/h1-2,5-6H,3-4,7-8H2;1H4. The maximum Gasteiger partial charge on any atom is -0.0276 e. The summed E-state index contributed by atoms with van der Waals surface area (Å²) in [6, 6.07) is 8.80. The lowest BCUT2D eigenvalue weighted by molar-refractivity contribution is 0.685. The molecule has 0 N–H and O–H groups in total. The highest BCUT2D eigenvalue weighted by Gasteiger charge is 2.05. The van der Waals surface area contributed by atoms with E-state index in [0.29, 0.717) is 0 Å². The molecule has 0 heteroatoms. The molecule has 0 heterocycles. The van der Waals surface area contributed by atoms with Gasteiger partial charge in [0, 0.05) is 0 Å². The van der Waals surface area contributed by atoms with E-state index in [1.54, 1.807) is 11.1 Å². The van der Waals surface area contributed by atoms with Crippen LogP contribution in [0.15, 0.2) is 24.3 Å². The summed E-state index contributed by atoms with van der Waals surface area (Å²) in [6.45, 7) is 0. The van der Waals surface area contributed by atoms with Crippen molar-refractivity contribution in [3.05, 3.63) is 35.4 Å². The second-order valence-corrected chi connectivity index (χ2v) is 2.98. The van der Waals surface area contributed by atoms with Crippen molar-refractivity contribution in [2.75, 3.05) is 0 Å². The van der Waals surface area contributed by atoms with Gasteiger partial charge in [0.15, 0.2) is 0 Å². The van der Waals surface area contributed by atoms with E-state index in [4.69, 9.17) is 0 Å². The summed E-state index contributed by atoms with van der Waals surface area (Å²) < 4.78 is 0. The van der Waals surface area contributed by atoms with E-state index in [2.05, 4.69) is 24.3 Å². The van der Waals surface area contributed by atoms with Crippen LogP contribution in [0.1, 0.15) is 31.4 Å². The first kappa shape index (κ1) is 8.32. The highest BCUT2D eigenvalue weighted by Crippen LogP contribution is 2.19. The SMILES string of the molecule is C.c1ccc2c(c1)CCCC2. The van der Waals surface area contributed by atoms with Crippen molar-refractivity contribution in [3.8, 4) is 0 Å². The molecule has 0 spiro atoms. The van der Waals surface area contributed by atoms with Gasteiger partial charge in [-0.05, 0) is 36.8 Å². The predicted molar refractivity (Wildman–Crippen MR) is 49.8 cm³/mol. The third-order valence-corrected chi connectivity index (χ3v) is 2.26. The molecule has 1 aliphatic rings. The highest BCUT2D eigenvalue weighted by atomic mass is 14.1. The number of aryl methyl sites for hydroxylation is 2. The minimum Gasteiger partial charge on any atom is -0.0776 e. The number of hydrogen-bond donors (Lipinski definition) is 0. The van der Waals surface area contributed by atoms with Crippen molar-refractivity contribution in [2.45, 2.75) is 33.1 Å². The van der Waals surface area contributed by atoms with Crippen LogP contribution in [0.5, 0.6) is 0 Å². The van der Waals surface area contributed by atoms with Gasteiger partial charge < -0.3 is 0 Å². The molecule has 60 valence electrons. The molecular weight excluding hydrogens is 132 g/mol. The van der Waals surface area contributed by atoms with E-state index in [1.807, 2.05) is 0 Å². The van der Waals surface area contributed by atoms with Gasteiger partial charge in [0.2, 0.25) is 0 Å². The minimum atomic E-state index is 0. The second kappa shape index (κ2) is 3.56. The molecule has 0 nitrogen and oxygen atoms in total. The summed E-state index contributed by atoms with van der Waals surface area (Å²) in [5.74, 6) is 0. The zero-order valence-corrected chi connectivity index (χ0v) is 6.14. The van der Waals surface area contributed by atoms with Crippen LogP contribution >= 0.6 is 0 Å². The average Bonchev–Trinajstić information content (AvgIpc) is 2.05.